The first-order chi connectivity index (χ1) is 11.1. The molecule has 3 fully saturated rings. The molecule has 5 heteroatoms. The van der Waals surface area contributed by atoms with Crippen molar-refractivity contribution in [1.82, 2.24) is 9.80 Å². The Morgan fingerprint density at radius 1 is 0.957 bits per heavy atom. The fourth-order valence-corrected chi connectivity index (χ4v) is 4.22. The van der Waals surface area contributed by atoms with Crippen LogP contribution in [0.25, 0.3) is 0 Å². The Kier molecular flexibility index (Phi) is 5.12. The van der Waals surface area contributed by atoms with E-state index < -0.39 is 0 Å². The van der Waals surface area contributed by atoms with E-state index in [0.717, 1.165) is 13.0 Å². The Morgan fingerprint density at radius 3 is 2.22 bits per heavy atom. The number of nitrogens with zero attached hydrogens (tertiary/aromatic N) is 2. The summed E-state index contributed by atoms with van der Waals surface area (Å²) in [6.45, 7) is 7.26. The Labute approximate surface area is 139 Å². The molecule has 5 nitrogen and oxygen atoms in total. The summed E-state index contributed by atoms with van der Waals surface area (Å²) in [6, 6.07) is 0. The number of carbonyl (C=O) groups excluding carboxylic acids is 2. The molecule has 0 aromatic heterocycles. The maximum atomic E-state index is 12.8. The zero-order chi connectivity index (χ0) is 16.4. The molecule has 0 unspecified atom stereocenters. The van der Waals surface area contributed by atoms with Gasteiger partial charge >= 0.3 is 6.09 Å². The van der Waals surface area contributed by atoms with Gasteiger partial charge in [-0.3, -0.25) is 4.79 Å². The minimum absolute atomic E-state index is 0.229. The second-order valence-electron chi connectivity index (χ2n) is 7.77. The molecule has 1 aliphatic heterocycles. The lowest BCUT2D eigenvalue weighted by Crippen LogP contribution is -2.38. The fraction of sp³-hybridized carbons (Fsp3) is 0.889. The molecule has 2 amide bonds. The second kappa shape index (κ2) is 7.10. The first-order valence-corrected chi connectivity index (χ1v) is 9.28. The van der Waals surface area contributed by atoms with Crippen LogP contribution in [0.1, 0.15) is 46.0 Å². The SMILES string of the molecule is CC(C)COC(=O)N1CCCN(C(=O)C2[C@@H]3CCCC[C@@H]23)CC1. The van der Waals surface area contributed by atoms with Gasteiger partial charge < -0.3 is 14.5 Å². The van der Waals surface area contributed by atoms with Gasteiger partial charge in [-0.25, -0.2) is 4.79 Å². The summed E-state index contributed by atoms with van der Waals surface area (Å²) in [7, 11) is 0. The third kappa shape index (κ3) is 3.81. The van der Waals surface area contributed by atoms with Crippen LogP contribution in [0.2, 0.25) is 0 Å². The van der Waals surface area contributed by atoms with E-state index in [9.17, 15) is 9.59 Å². The van der Waals surface area contributed by atoms with Crippen LogP contribution >= 0.6 is 0 Å². The van der Waals surface area contributed by atoms with E-state index in [1.54, 1.807) is 4.90 Å². The third-order valence-electron chi connectivity index (χ3n) is 5.55. The Bertz CT molecular complexity index is 440. The Morgan fingerprint density at radius 2 is 1.57 bits per heavy atom. The summed E-state index contributed by atoms with van der Waals surface area (Å²) >= 11 is 0. The number of carbonyl (C=O) groups is 2. The molecular formula is C18H30N2O3. The van der Waals surface area contributed by atoms with Crippen LogP contribution in [0.15, 0.2) is 0 Å². The summed E-state index contributed by atoms with van der Waals surface area (Å²) in [6.07, 6.45) is 5.68. The lowest BCUT2D eigenvalue weighted by Gasteiger charge is -2.22. The summed E-state index contributed by atoms with van der Waals surface area (Å²) in [5.41, 5.74) is 0. The van der Waals surface area contributed by atoms with Crippen molar-refractivity contribution in [2.24, 2.45) is 23.7 Å². The van der Waals surface area contributed by atoms with E-state index in [1.807, 2.05) is 18.7 Å². The molecule has 0 spiro atoms. The molecule has 23 heavy (non-hydrogen) atoms. The summed E-state index contributed by atoms with van der Waals surface area (Å²) in [4.78, 5) is 28.6. The van der Waals surface area contributed by atoms with Crippen molar-refractivity contribution in [3.63, 3.8) is 0 Å². The van der Waals surface area contributed by atoms with E-state index in [1.165, 1.54) is 25.7 Å². The summed E-state index contributed by atoms with van der Waals surface area (Å²) in [5.74, 6) is 2.30. The van der Waals surface area contributed by atoms with Gasteiger partial charge in [0.25, 0.3) is 0 Å². The maximum Gasteiger partial charge on any atom is 0.409 e. The highest BCUT2D eigenvalue weighted by Gasteiger charge is 2.55. The standard InChI is InChI=1S/C18H30N2O3/c1-13(2)12-23-18(22)20-9-5-8-19(10-11-20)17(21)16-14-6-3-4-7-15(14)16/h13-16H,3-12H2,1-2H3/t14-,15-/m1/s1. The van der Waals surface area contributed by atoms with Gasteiger partial charge in [-0.05, 0) is 37.0 Å². The Hall–Kier alpha value is -1.26. The average Bonchev–Trinajstić information content (AvgIpc) is 3.30. The predicted octanol–water partition coefficient (Wildman–Crippen LogP) is 2.75. The molecule has 0 bridgehead atoms. The lowest BCUT2D eigenvalue weighted by molar-refractivity contribution is -0.133. The van der Waals surface area contributed by atoms with Crippen LogP contribution in [-0.4, -0.2) is 54.6 Å². The van der Waals surface area contributed by atoms with Crippen LogP contribution in [0, 0.1) is 23.7 Å². The summed E-state index contributed by atoms with van der Waals surface area (Å²) < 4.78 is 5.31. The molecule has 2 saturated carbocycles. The first-order valence-electron chi connectivity index (χ1n) is 9.28. The second-order valence-corrected chi connectivity index (χ2v) is 7.77. The van der Waals surface area contributed by atoms with Gasteiger partial charge in [-0.2, -0.15) is 0 Å². The molecule has 1 heterocycles. The molecule has 0 radical (unpaired) electrons. The number of fused-ring (bicyclic) bond motifs is 1. The Balaban J connectivity index is 1.48. The highest BCUT2D eigenvalue weighted by atomic mass is 16.6. The van der Waals surface area contributed by atoms with Crippen molar-refractivity contribution in [3.8, 4) is 0 Å². The molecule has 0 aromatic carbocycles. The first kappa shape index (κ1) is 16.6. The summed E-state index contributed by atoms with van der Waals surface area (Å²) in [5, 5.41) is 0. The maximum absolute atomic E-state index is 12.8. The van der Waals surface area contributed by atoms with E-state index in [-0.39, 0.29) is 12.0 Å². The molecule has 130 valence electrons. The van der Waals surface area contributed by atoms with E-state index in [2.05, 4.69) is 0 Å². The molecule has 3 rings (SSSR count). The quantitative estimate of drug-likeness (QED) is 0.803. The fourth-order valence-electron chi connectivity index (χ4n) is 4.22. The number of rotatable bonds is 3. The molecule has 2 aliphatic carbocycles. The van der Waals surface area contributed by atoms with Crippen molar-refractivity contribution >= 4 is 12.0 Å². The van der Waals surface area contributed by atoms with Gasteiger partial charge in [0, 0.05) is 32.1 Å². The van der Waals surface area contributed by atoms with Crippen LogP contribution in [0.3, 0.4) is 0 Å². The molecule has 1 saturated heterocycles. The molecule has 0 N–H and O–H groups in total. The van der Waals surface area contributed by atoms with Crippen LogP contribution in [0.4, 0.5) is 4.79 Å². The van der Waals surface area contributed by atoms with Crippen LogP contribution < -0.4 is 0 Å². The minimum Gasteiger partial charge on any atom is -0.449 e. The van der Waals surface area contributed by atoms with Crippen molar-refractivity contribution in [2.75, 3.05) is 32.8 Å². The number of amides is 2. The van der Waals surface area contributed by atoms with E-state index >= 15 is 0 Å². The van der Waals surface area contributed by atoms with Gasteiger partial charge in [0.05, 0.1) is 6.61 Å². The number of hydrogen-bond acceptors (Lipinski definition) is 3. The highest BCUT2D eigenvalue weighted by molar-refractivity contribution is 5.82. The van der Waals surface area contributed by atoms with Crippen molar-refractivity contribution in [2.45, 2.75) is 46.0 Å². The van der Waals surface area contributed by atoms with Crippen LogP contribution in [-0.2, 0) is 9.53 Å². The predicted molar refractivity (Wildman–Crippen MR) is 87.9 cm³/mol. The van der Waals surface area contributed by atoms with Gasteiger partial charge in [0.1, 0.15) is 0 Å². The minimum atomic E-state index is -0.229. The normalized spacial score (nSPS) is 30.7. The van der Waals surface area contributed by atoms with Crippen molar-refractivity contribution < 1.29 is 14.3 Å². The number of ether oxygens (including phenoxy) is 1. The zero-order valence-electron chi connectivity index (χ0n) is 14.5. The van der Waals surface area contributed by atoms with Gasteiger partial charge in [-0.1, -0.05) is 26.7 Å². The number of hydrogen-bond donors (Lipinski definition) is 0. The largest absolute Gasteiger partial charge is 0.449 e. The topological polar surface area (TPSA) is 49.9 Å². The van der Waals surface area contributed by atoms with Gasteiger partial charge in [0.2, 0.25) is 5.91 Å². The van der Waals surface area contributed by atoms with Crippen molar-refractivity contribution in [3.05, 3.63) is 0 Å². The zero-order valence-corrected chi connectivity index (χ0v) is 14.5. The monoisotopic (exact) mass is 322 g/mol. The average molecular weight is 322 g/mol. The van der Waals surface area contributed by atoms with Gasteiger partial charge in [0.15, 0.2) is 0 Å². The molecule has 0 aromatic rings. The van der Waals surface area contributed by atoms with Crippen LogP contribution in [0.5, 0.6) is 0 Å². The van der Waals surface area contributed by atoms with Crippen molar-refractivity contribution in [1.29, 1.82) is 0 Å². The molecule has 2 atom stereocenters. The highest BCUT2D eigenvalue weighted by Crippen LogP contribution is 2.56. The molecular weight excluding hydrogens is 292 g/mol. The van der Waals surface area contributed by atoms with E-state index in [0.29, 0.717) is 49.9 Å². The van der Waals surface area contributed by atoms with Gasteiger partial charge in [-0.15, -0.1) is 0 Å². The van der Waals surface area contributed by atoms with E-state index in [4.69, 9.17) is 4.74 Å². The lowest BCUT2D eigenvalue weighted by atomic mass is 10.0. The smallest absolute Gasteiger partial charge is 0.409 e. The molecule has 3 aliphatic rings. The third-order valence-corrected chi connectivity index (χ3v) is 5.55.